The lowest BCUT2D eigenvalue weighted by Crippen LogP contribution is -2.15. The van der Waals surface area contributed by atoms with Crippen LogP contribution >= 0.6 is 0 Å². The van der Waals surface area contributed by atoms with Crippen LogP contribution in [0, 0.1) is 5.82 Å². The van der Waals surface area contributed by atoms with Crippen LogP contribution in [0.2, 0.25) is 0 Å². The molecule has 3 aromatic rings. The zero-order valence-electron chi connectivity index (χ0n) is 13.6. The third-order valence-corrected chi connectivity index (χ3v) is 3.55. The molecule has 0 aliphatic rings. The van der Waals surface area contributed by atoms with E-state index >= 15 is 0 Å². The highest BCUT2D eigenvalue weighted by atomic mass is 19.1. The maximum atomic E-state index is 13.7. The minimum Gasteiger partial charge on any atom is -0.494 e. The molecule has 0 unspecified atom stereocenters. The van der Waals surface area contributed by atoms with Gasteiger partial charge in [-0.25, -0.2) is 14.4 Å². The summed E-state index contributed by atoms with van der Waals surface area (Å²) in [5, 5.41) is 2.70. The SMILES string of the molecule is COc1ccc(CC(=O)Nc2cnc(-c3ccccc3)nc2)cc1F. The Kier molecular flexibility index (Phi) is 4.99. The van der Waals surface area contributed by atoms with Crippen LogP contribution in [0.5, 0.6) is 5.75 Å². The van der Waals surface area contributed by atoms with E-state index < -0.39 is 5.82 Å². The van der Waals surface area contributed by atoms with Crippen LogP contribution in [0.3, 0.4) is 0 Å². The molecule has 25 heavy (non-hydrogen) atoms. The van der Waals surface area contributed by atoms with Crippen LogP contribution in [0.25, 0.3) is 11.4 Å². The molecule has 1 N–H and O–H groups in total. The summed E-state index contributed by atoms with van der Waals surface area (Å²) in [6.45, 7) is 0. The van der Waals surface area contributed by atoms with E-state index in [-0.39, 0.29) is 18.1 Å². The first-order chi connectivity index (χ1) is 12.2. The third kappa shape index (κ3) is 4.17. The summed E-state index contributed by atoms with van der Waals surface area (Å²) in [5.74, 6) is -0.0474. The van der Waals surface area contributed by atoms with E-state index in [1.54, 1.807) is 18.5 Å². The Balaban J connectivity index is 1.64. The van der Waals surface area contributed by atoms with Gasteiger partial charge >= 0.3 is 0 Å². The summed E-state index contributed by atoms with van der Waals surface area (Å²) in [5.41, 5.74) is 1.94. The number of ether oxygens (including phenoxy) is 1. The van der Waals surface area contributed by atoms with E-state index in [1.807, 2.05) is 30.3 Å². The van der Waals surface area contributed by atoms with E-state index in [9.17, 15) is 9.18 Å². The number of aromatic nitrogens is 2. The molecule has 0 spiro atoms. The van der Waals surface area contributed by atoms with Crippen LogP contribution in [-0.4, -0.2) is 23.0 Å². The number of carbonyl (C=O) groups excluding carboxylic acids is 1. The standard InChI is InChI=1S/C19H16FN3O2/c1-25-17-8-7-13(9-16(17)20)10-18(24)23-15-11-21-19(22-12-15)14-5-3-2-4-6-14/h2-9,11-12H,10H2,1H3,(H,23,24). The number of carbonyl (C=O) groups is 1. The van der Waals surface area contributed by atoms with Gasteiger partial charge in [0.05, 0.1) is 31.6 Å². The van der Waals surface area contributed by atoms with Crippen molar-refractivity contribution in [2.75, 3.05) is 12.4 Å². The Labute approximate surface area is 144 Å². The van der Waals surface area contributed by atoms with Gasteiger partial charge in [-0.1, -0.05) is 36.4 Å². The van der Waals surface area contributed by atoms with Crippen molar-refractivity contribution in [3.05, 3.63) is 72.3 Å². The molecule has 0 saturated carbocycles. The first-order valence-electron chi connectivity index (χ1n) is 7.65. The number of halogens is 1. The van der Waals surface area contributed by atoms with E-state index in [0.29, 0.717) is 17.1 Å². The fourth-order valence-electron chi connectivity index (χ4n) is 2.34. The van der Waals surface area contributed by atoms with Crippen molar-refractivity contribution in [2.45, 2.75) is 6.42 Å². The molecule has 1 amide bonds. The summed E-state index contributed by atoms with van der Waals surface area (Å²) in [4.78, 5) is 20.6. The Morgan fingerprint density at radius 3 is 2.48 bits per heavy atom. The number of hydrogen-bond acceptors (Lipinski definition) is 4. The van der Waals surface area contributed by atoms with Crippen LogP contribution in [-0.2, 0) is 11.2 Å². The van der Waals surface area contributed by atoms with E-state index in [4.69, 9.17) is 4.74 Å². The molecule has 5 nitrogen and oxygen atoms in total. The average molecular weight is 337 g/mol. The molecule has 126 valence electrons. The van der Waals surface area contributed by atoms with E-state index in [2.05, 4.69) is 15.3 Å². The number of anilines is 1. The van der Waals surface area contributed by atoms with Crippen LogP contribution in [0.15, 0.2) is 60.9 Å². The molecule has 0 bridgehead atoms. The Morgan fingerprint density at radius 1 is 1.12 bits per heavy atom. The molecule has 0 fully saturated rings. The molecule has 2 aromatic carbocycles. The highest BCUT2D eigenvalue weighted by Gasteiger charge is 2.09. The fourth-order valence-corrected chi connectivity index (χ4v) is 2.34. The van der Waals surface area contributed by atoms with E-state index in [1.165, 1.54) is 19.2 Å². The second kappa shape index (κ2) is 7.53. The van der Waals surface area contributed by atoms with Crippen LogP contribution < -0.4 is 10.1 Å². The molecule has 6 heteroatoms. The smallest absolute Gasteiger partial charge is 0.228 e. The lowest BCUT2D eigenvalue weighted by atomic mass is 10.1. The number of hydrogen-bond donors (Lipinski definition) is 1. The van der Waals surface area contributed by atoms with Crippen molar-refractivity contribution in [3.8, 4) is 17.1 Å². The predicted octanol–water partition coefficient (Wildman–Crippen LogP) is 3.47. The quantitative estimate of drug-likeness (QED) is 0.774. The lowest BCUT2D eigenvalue weighted by molar-refractivity contribution is -0.115. The normalized spacial score (nSPS) is 10.3. The van der Waals surface area contributed by atoms with Crippen molar-refractivity contribution in [1.29, 1.82) is 0 Å². The zero-order chi connectivity index (χ0) is 17.6. The number of rotatable bonds is 5. The van der Waals surface area contributed by atoms with Gasteiger partial charge in [-0.15, -0.1) is 0 Å². The number of nitrogens with zero attached hydrogens (tertiary/aromatic N) is 2. The Morgan fingerprint density at radius 2 is 1.84 bits per heavy atom. The predicted molar refractivity (Wildman–Crippen MR) is 92.8 cm³/mol. The maximum Gasteiger partial charge on any atom is 0.228 e. The van der Waals surface area contributed by atoms with Crippen LogP contribution in [0.1, 0.15) is 5.56 Å². The Bertz CT molecular complexity index is 868. The molecule has 0 radical (unpaired) electrons. The molecule has 1 heterocycles. The van der Waals surface area contributed by atoms with Crippen molar-refractivity contribution < 1.29 is 13.9 Å². The fraction of sp³-hybridized carbons (Fsp3) is 0.105. The monoisotopic (exact) mass is 337 g/mol. The molecule has 3 rings (SSSR count). The summed E-state index contributed by atoms with van der Waals surface area (Å²) in [6, 6.07) is 14.0. The van der Waals surface area contributed by atoms with Crippen LogP contribution in [0.4, 0.5) is 10.1 Å². The molecule has 0 atom stereocenters. The molecule has 0 saturated heterocycles. The van der Waals surface area contributed by atoms with Crippen molar-refractivity contribution in [2.24, 2.45) is 0 Å². The summed E-state index contributed by atoms with van der Waals surface area (Å²) >= 11 is 0. The molecular formula is C19H16FN3O2. The lowest BCUT2D eigenvalue weighted by Gasteiger charge is -2.07. The van der Waals surface area contributed by atoms with Gasteiger partial charge in [0.1, 0.15) is 0 Å². The largest absolute Gasteiger partial charge is 0.494 e. The third-order valence-electron chi connectivity index (χ3n) is 3.55. The summed E-state index contributed by atoms with van der Waals surface area (Å²) < 4.78 is 18.5. The van der Waals surface area contributed by atoms with Gasteiger partial charge in [0, 0.05) is 5.56 Å². The second-order valence-electron chi connectivity index (χ2n) is 5.36. The zero-order valence-corrected chi connectivity index (χ0v) is 13.6. The summed E-state index contributed by atoms with van der Waals surface area (Å²) in [6.07, 6.45) is 3.13. The minimum absolute atomic E-state index is 0.0430. The number of benzene rings is 2. The van der Waals surface area contributed by atoms with Gasteiger partial charge < -0.3 is 10.1 Å². The van der Waals surface area contributed by atoms with Gasteiger partial charge in [0.15, 0.2) is 17.4 Å². The van der Waals surface area contributed by atoms with Crippen molar-refractivity contribution in [3.63, 3.8) is 0 Å². The van der Waals surface area contributed by atoms with Crippen molar-refractivity contribution >= 4 is 11.6 Å². The topological polar surface area (TPSA) is 64.1 Å². The molecule has 0 aliphatic heterocycles. The second-order valence-corrected chi connectivity index (χ2v) is 5.36. The minimum atomic E-state index is -0.497. The number of methoxy groups -OCH3 is 1. The number of nitrogens with one attached hydrogen (secondary N) is 1. The molecular weight excluding hydrogens is 321 g/mol. The molecule has 1 aromatic heterocycles. The molecule has 0 aliphatic carbocycles. The van der Waals surface area contributed by atoms with Crippen molar-refractivity contribution in [1.82, 2.24) is 9.97 Å². The maximum absolute atomic E-state index is 13.7. The Hall–Kier alpha value is -3.28. The highest BCUT2D eigenvalue weighted by molar-refractivity contribution is 5.92. The van der Waals surface area contributed by atoms with Gasteiger partial charge in [-0.3, -0.25) is 4.79 Å². The van der Waals surface area contributed by atoms with Gasteiger partial charge in [0.25, 0.3) is 0 Å². The van der Waals surface area contributed by atoms with Gasteiger partial charge in [-0.05, 0) is 17.7 Å². The highest BCUT2D eigenvalue weighted by Crippen LogP contribution is 2.18. The number of amides is 1. The first-order valence-corrected chi connectivity index (χ1v) is 7.65. The summed E-state index contributed by atoms with van der Waals surface area (Å²) in [7, 11) is 1.39. The van der Waals surface area contributed by atoms with Gasteiger partial charge in [-0.2, -0.15) is 0 Å². The first kappa shape index (κ1) is 16.6. The average Bonchev–Trinajstić information content (AvgIpc) is 2.63. The van der Waals surface area contributed by atoms with Gasteiger partial charge in [0.2, 0.25) is 5.91 Å². The van der Waals surface area contributed by atoms with E-state index in [0.717, 1.165) is 5.56 Å².